The third kappa shape index (κ3) is 5.90. The number of aryl methyl sites for hydroxylation is 2. The van der Waals surface area contributed by atoms with Gasteiger partial charge in [-0.1, -0.05) is 26.7 Å². The molecule has 4 heteroatoms. The Balaban J connectivity index is 2.31. The second kappa shape index (κ2) is 8.73. The number of nitrogens with zero attached hydrogens (tertiary/aromatic N) is 2. The first-order valence-electron chi connectivity index (χ1n) is 7.36. The minimum Gasteiger partial charge on any atom is -0.463 e. The van der Waals surface area contributed by atoms with Crippen molar-refractivity contribution in [3.63, 3.8) is 0 Å². The van der Waals surface area contributed by atoms with Crippen molar-refractivity contribution < 1.29 is 9.53 Å². The molecular formula is C15H26N2O2. The maximum absolute atomic E-state index is 11.7. The van der Waals surface area contributed by atoms with Crippen LogP contribution < -0.4 is 0 Å². The molecule has 1 unspecified atom stereocenters. The molecule has 0 aliphatic heterocycles. The number of hydrogen-bond donors (Lipinski definition) is 0. The summed E-state index contributed by atoms with van der Waals surface area (Å²) < 4.78 is 7.42. The van der Waals surface area contributed by atoms with Gasteiger partial charge in [-0.2, -0.15) is 0 Å². The lowest BCUT2D eigenvalue weighted by Crippen LogP contribution is -2.17. The summed E-state index contributed by atoms with van der Waals surface area (Å²) >= 11 is 0. The van der Waals surface area contributed by atoms with Crippen LogP contribution >= 0.6 is 0 Å². The lowest BCUT2D eigenvalue weighted by molar-refractivity contribution is -0.148. The molecule has 0 amide bonds. The van der Waals surface area contributed by atoms with Gasteiger partial charge >= 0.3 is 5.97 Å². The molecule has 0 radical (unpaired) electrons. The molecule has 1 atom stereocenters. The van der Waals surface area contributed by atoms with Crippen molar-refractivity contribution in [2.24, 2.45) is 0 Å². The Morgan fingerprint density at radius 1 is 1.42 bits per heavy atom. The van der Waals surface area contributed by atoms with Gasteiger partial charge in [-0.05, 0) is 19.8 Å². The molecule has 0 aliphatic rings. The third-order valence-electron chi connectivity index (χ3n) is 3.13. The number of rotatable bonds is 9. The molecule has 0 fully saturated rings. The number of ether oxygens (including phenoxy) is 1. The van der Waals surface area contributed by atoms with Crippen LogP contribution in [0.2, 0.25) is 0 Å². The Labute approximate surface area is 116 Å². The average molecular weight is 266 g/mol. The highest BCUT2D eigenvalue weighted by Gasteiger charge is 2.10. The molecule has 0 aliphatic carbocycles. The lowest BCUT2D eigenvalue weighted by atomic mass is 10.2. The fourth-order valence-electron chi connectivity index (χ4n) is 2.04. The highest BCUT2D eigenvalue weighted by atomic mass is 16.5. The Morgan fingerprint density at radius 3 is 2.89 bits per heavy atom. The fourth-order valence-corrected chi connectivity index (χ4v) is 2.04. The lowest BCUT2D eigenvalue weighted by Gasteiger charge is -2.13. The highest BCUT2D eigenvalue weighted by Crippen LogP contribution is 2.07. The van der Waals surface area contributed by atoms with E-state index >= 15 is 0 Å². The molecule has 0 bridgehead atoms. The minimum absolute atomic E-state index is 0.0327. The summed E-state index contributed by atoms with van der Waals surface area (Å²) in [6, 6.07) is 0. The van der Waals surface area contributed by atoms with Crippen LogP contribution in [-0.2, 0) is 22.5 Å². The van der Waals surface area contributed by atoms with E-state index in [-0.39, 0.29) is 12.1 Å². The normalized spacial score (nSPS) is 12.4. The SMILES string of the molecule is CCCCC(C)OC(=O)CCn1ccnc1CCC. The maximum atomic E-state index is 11.7. The van der Waals surface area contributed by atoms with E-state index in [1.807, 2.05) is 17.7 Å². The molecule has 19 heavy (non-hydrogen) atoms. The van der Waals surface area contributed by atoms with Gasteiger partial charge in [0.2, 0.25) is 0 Å². The molecule has 0 saturated heterocycles. The van der Waals surface area contributed by atoms with Crippen molar-refractivity contribution in [3.8, 4) is 0 Å². The zero-order valence-corrected chi connectivity index (χ0v) is 12.4. The molecule has 108 valence electrons. The smallest absolute Gasteiger partial charge is 0.307 e. The van der Waals surface area contributed by atoms with E-state index in [9.17, 15) is 4.79 Å². The van der Waals surface area contributed by atoms with E-state index in [1.54, 1.807) is 6.20 Å². The number of carbonyl (C=O) groups is 1. The molecular weight excluding hydrogens is 240 g/mol. The first kappa shape index (κ1) is 15.7. The van der Waals surface area contributed by atoms with Gasteiger partial charge < -0.3 is 9.30 Å². The summed E-state index contributed by atoms with van der Waals surface area (Å²) in [5.74, 6) is 0.939. The van der Waals surface area contributed by atoms with Gasteiger partial charge in [0, 0.05) is 25.4 Å². The van der Waals surface area contributed by atoms with Crippen LogP contribution in [0.3, 0.4) is 0 Å². The van der Waals surface area contributed by atoms with E-state index in [1.165, 1.54) is 0 Å². The second-order valence-electron chi connectivity index (χ2n) is 4.98. The number of carbonyl (C=O) groups excluding carboxylic acids is 1. The Kier molecular flexibility index (Phi) is 7.23. The Hall–Kier alpha value is -1.32. The van der Waals surface area contributed by atoms with Crippen LogP contribution in [0.1, 0.15) is 58.7 Å². The zero-order valence-electron chi connectivity index (χ0n) is 12.4. The van der Waals surface area contributed by atoms with Crippen molar-refractivity contribution >= 4 is 5.97 Å². The molecule has 0 N–H and O–H groups in total. The summed E-state index contributed by atoms with van der Waals surface area (Å²) in [6.07, 6.45) is 9.39. The Bertz CT molecular complexity index is 374. The average Bonchev–Trinajstić information content (AvgIpc) is 2.82. The van der Waals surface area contributed by atoms with Crippen LogP contribution in [-0.4, -0.2) is 21.6 Å². The summed E-state index contributed by atoms with van der Waals surface area (Å²) in [7, 11) is 0. The summed E-state index contributed by atoms with van der Waals surface area (Å²) in [4.78, 5) is 16.0. The molecule has 0 spiro atoms. The van der Waals surface area contributed by atoms with Crippen molar-refractivity contribution in [1.82, 2.24) is 9.55 Å². The third-order valence-corrected chi connectivity index (χ3v) is 3.13. The van der Waals surface area contributed by atoms with Gasteiger partial charge in [0.05, 0.1) is 12.5 Å². The van der Waals surface area contributed by atoms with E-state index in [2.05, 4.69) is 18.8 Å². The van der Waals surface area contributed by atoms with E-state index in [0.717, 1.165) is 37.9 Å². The number of aromatic nitrogens is 2. The number of unbranched alkanes of at least 4 members (excludes halogenated alkanes) is 1. The summed E-state index contributed by atoms with van der Waals surface area (Å²) in [5.41, 5.74) is 0. The van der Waals surface area contributed by atoms with Gasteiger partial charge in [0.1, 0.15) is 5.82 Å². The zero-order chi connectivity index (χ0) is 14.1. The van der Waals surface area contributed by atoms with E-state index in [4.69, 9.17) is 4.74 Å². The highest BCUT2D eigenvalue weighted by molar-refractivity contribution is 5.69. The maximum Gasteiger partial charge on any atom is 0.307 e. The fraction of sp³-hybridized carbons (Fsp3) is 0.733. The first-order chi connectivity index (χ1) is 9.17. The van der Waals surface area contributed by atoms with Crippen molar-refractivity contribution in [3.05, 3.63) is 18.2 Å². The minimum atomic E-state index is -0.111. The predicted molar refractivity (Wildman–Crippen MR) is 75.9 cm³/mol. The molecule has 1 aromatic heterocycles. The molecule has 1 aromatic rings. The number of imidazole rings is 1. The van der Waals surface area contributed by atoms with Gasteiger partial charge in [-0.25, -0.2) is 4.98 Å². The molecule has 0 aromatic carbocycles. The number of hydrogen-bond acceptors (Lipinski definition) is 3. The Morgan fingerprint density at radius 2 is 2.21 bits per heavy atom. The standard InChI is InChI=1S/C15H26N2O2/c1-4-6-8-13(3)19-15(18)9-11-17-12-10-16-14(17)7-5-2/h10,12-13H,4-9,11H2,1-3H3. The molecule has 0 saturated carbocycles. The van der Waals surface area contributed by atoms with Crippen molar-refractivity contribution in [2.75, 3.05) is 0 Å². The van der Waals surface area contributed by atoms with E-state index < -0.39 is 0 Å². The second-order valence-corrected chi connectivity index (χ2v) is 4.98. The molecule has 4 nitrogen and oxygen atoms in total. The number of esters is 1. The van der Waals surface area contributed by atoms with Crippen LogP contribution in [0, 0.1) is 0 Å². The summed E-state index contributed by atoms with van der Waals surface area (Å²) in [6.45, 7) is 6.90. The van der Waals surface area contributed by atoms with Crippen LogP contribution in [0.5, 0.6) is 0 Å². The van der Waals surface area contributed by atoms with Crippen LogP contribution in [0.4, 0.5) is 0 Å². The largest absolute Gasteiger partial charge is 0.463 e. The topological polar surface area (TPSA) is 44.1 Å². The van der Waals surface area contributed by atoms with Crippen LogP contribution in [0.25, 0.3) is 0 Å². The van der Waals surface area contributed by atoms with Gasteiger partial charge in [-0.15, -0.1) is 0 Å². The van der Waals surface area contributed by atoms with E-state index in [0.29, 0.717) is 13.0 Å². The van der Waals surface area contributed by atoms with Gasteiger partial charge in [-0.3, -0.25) is 4.79 Å². The monoisotopic (exact) mass is 266 g/mol. The predicted octanol–water partition coefficient (Wildman–Crippen LogP) is 3.35. The first-order valence-corrected chi connectivity index (χ1v) is 7.36. The van der Waals surface area contributed by atoms with Crippen LogP contribution in [0.15, 0.2) is 12.4 Å². The summed E-state index contributed by atoms with van der Waals surface area (Å²) in [5, 5.41) is 0. The quantitative estimate of drug-likeness (QED) is 0.644. The van der Waals surface area contributed by atoms with Gasteiger partial charge in [0.15, 0.2) is 0 Å². The van der Waals surface area contributed by atoms with Crippen molar-refractivity contribution in [1.29, 1.82) is 0 Å². The van der Waals surface area contributed by atoms with Gasteiger partial charge in [0.25, 0.3) is 0 Å². The molecule has 1 heterocycles. The molecule has 1 rings (SSSR count). The van der Waals surface area contributed by atoms with Crippen molar-refractivity contribution in [2.45, 2.75) is 71.9 Å².